The first-order valence-corrected chi connectivity index (χ1v) is 9.25. The Morgan fingerprint density at radius 1 is 1.18 bits per heavy atom. The molecule has 7 nitrogen and oxygen atoms in total. The molecule has 1 aromatic heterocycles. The van der Waals surface area contributed by atoms with Gasteiger partial charge in [-0.15, -0.1) is 0 Å². The molecule has 0 unspecified atom stereocenters. The Kier molecular flexibility index (Phi) is 4.89. The van der Waals surface area contributed by atoms with Crippen molar-refractivity contribution < 1.29 is 14.3 Å². The van der Waals surface area contributed by atoms with Gasteiger partial charge < -0.3 is 26.1 Å². The van der Waals surface area contributed by atoms with E-state index in [1.54, 1.807) is 0 Å². The zero-order valence-corrected chi connectivity index (χ0v) is 15.3. The summed E-state index contributed by atoms with van der Waals surface area (Å²) >= 11 is 0. The molecule has 0 spiro atoms. The van der Waals surface area contributed by atoms with Gasteiger partial charge in [0.15, 0.2) is 0 Å². The molecular formula is C21H22N4O3. The molecule has 0 radical (unpaired) electrons. The van der Waals surface area contributed by atoms with Crippen LogP contribution in [0.5, 0.6) is 5.75 Å². The molecule has 0 saturated carbocycles. The zero-order valence-electron chi connectivity index (χ0n) is 15.3. The van der Waals surface area contributed by atoms with Gasteiger partial charge in [-0.05, 0) is 17.7 Å². The summed E-state index contributed by atoms with van der Waals surface area (Å²) in [5.41, 5.74) is 8.18. The molecule has 0 saturated heterocycles. The molecule has 1 aliphatic heterocycles. The van der Waals surface area contributed by atoms with Crippen molar-refractivity contribution in [3.05, 3.63) is 65.9 Å². The van der Waals surface area contributed by atoms with Gasteiger partial charge in [0.25, 0.3) is 0 Å². The summed E-state index contributed by atoms with van der Waals surface area (Å²) in [5.74, 6) is 0.501. The SMILES string of the molecule is NC(=O)N[C@@H](Cc1c[nH]c2ccccc12)C(=O)N[C@H]1CCOc2ccccc21. The van der Waals surface area contributed by atoms with Crippen LogP contribution < -0.4 is 21.1 Å². The second-order valence-corrected chi connectivity index (χ2v) is 6.86. The average molecular weight is 378 g/mol. The number of aromatic nitrogens is 1. The van der Waals surface area contributed by atoms with Crippen molar-refractivity contribution in [3.63, 3.8) is 0 Å². The maximum atomic E-state index is 13.0. The van der Waals surface area contributed by atoms with Crippen LogP contribution in [-0.4, -0.2) is 29.6 Å². The number of nitrogens with one attached hydrogen (secondary N) is 3. The minimum absolute atomic E-state index is 0.169. The number of rotatable bonds is 5. The molecule has 0 bridgehead atoms. The molecule has 5 N–H and O–H groups in total. The summed E-state index contributed by atoms with van der Waals surface area (Å²) < 4.78 is 5.65. The number of carbonyl (C=O) groups is 2. The van der Waals surface area contributed by atoms with Crippen LogP contribution in [0, 0.1) is 0 Å². The number of para-hydroxylation sites is 2. The van der Waals surface area contributed by atoms with Crippen LogP contribution in [-0.2, 0) is 11.2 Å². The van der Waals surface area contributed by atoms with Gasteiger partial charge in [0.1, 0.15) is 11.8 Å². The van der Waals surface area contributed by atoms with Gasteiger partial charge >= 0.3 is 6.03 Å². The fourth-order valence-electron chi connectivity index (χ4n) is 3.67. The quantitative estimate of drug-likeness (QED) is 0.547. The number of amides is 3. The summed E-state index contributed by atoms with van der Waals surface area (Å²) in [6.07, 6.45) is 2.86. The third-order valence-corrected chi connectivity index (χ3v) is 5.01. The fourth-order valence-corrected chi connectivity index (χ4v) is 3.67. The number of benzene rings is 2. The van der Waals surface area contributed by atoms with Crippen LogP contribution in [0.2, 0.25) is 0 Å². The minimum atomic E-state index is -0.772. The lowest BCUT2D eigenvalue weighted by Crippen LogP contribution is -2.50. The van der Waals surface area contributed by atoms with Crippen molar-refractivity contribution in [1.82, 2.24) is 15.6 Å². The smallest absolute Gasteiger partial charge is 0.312 e. The Balaban J connectivity index is 1.54. The summed E-state index contributed by atoms with van der Waals surface area (Å²) in [7, 11) is 0. The summed E-state index contributed by atoms with van der Waals surface area (Å²) in [5, 5.41) is 6.64. The third-order valence-electron chi connectivity index (χ3n) is 5.01. The number of fused-ring (bicyclic) bond motifs is 2. The normalized spacial score (nSPS) is 16.6. The molecule has 28 heavy (non-hydrogen) atoms. The second kappa shape index (κ2) is 7.64. The average Bonchev–Trinajstić information content (AvgIpc) is 3.10. The van der Waals surface area contributed by atoms with Gasteiger partial charge in [-0.2, -0.15) is 0 Å². The molecule has 7 heteroatoms. The predicted octanol–water partition coefficient (Wildman–Crippen LogP) is 2.39. The van der Waals surface area contributed by atoms with E-state index in [2.05, 4.69) is 15.6 Å². The Bertz CT molecular complexity index is 1010. The van der Waals surface area contributed by atoms with Crippen molar-refractivity contribution in [2.75, 3.05) is 6.61 Å². The number of primary amides is 1. The topological polar surface area (TPSA) is 109 Å². The number of aromatic amines is 1. The summed E-state index contributed by atoms with van der Waals surface area (Å²) in [4.78, 5) is 27.7. The van der Waals surface area contributed by atoms with Gasteiger partial charge in [0.2, 0.25) is 5.91 Å². The highest BCUT2D eigenvalue weighted by Crippen LogP contribution is 2.31. The standard InChI is InChI=1S/C21H22N4O3/c22-21(27)25-18(11-13-12-23-16-7-3-1-5-14(13)16)20(26)24-17-9-10-28-19-8-4-2-6-15(17)19/h1-8,12,17-18,23H,9-11H2,(H,24,26)(H3,22,25,27)/t17-,18-/m0/s1. The van der Waals surface area contributed by atoms with Gasteiger partial charge in [-0.3, -0.25) is 4.79 Å². The number of nitrogens with two attached hydrogens (primary N) is 1. The van der Waals surface area contributed by atoms with Gasteiger partial charge in [-0.25, -0.2) is 4.79 Å². The highest BCUT2D eigenvalue weighted by Gasteiger charge is 2.27. The summed E-state index contributed by atoms with van der Waals surface area (Å²) in [6.45, 7) is 0.526. The van der Waals surface area contributed by atoms with Crippen LogP contribution in [0.3, 0.4) is 0 Å². The lowest BCUT2D eigenvalue weighted by Gasteiger charge is -2.28. The third kappa shape index (κ3) is 3.64. The van der Waals surface area contributed by atoms with E-state index in [0.29, 0.717) is 19.4 Å². The molecule has 3 aromatic rings. The Hall–Kier alpha value is -3.48. The Labute approximate surface area is 162 Å². The number of ether oxygens (including phenoxy) is 1. The molecule has 3 amide bonds. The monoisotopic (exact) mass is 378 g/mol. The molecule has 144 valence electrons. The highest BCUT2D eigenvalue weighted by atomic mass is 16.5. The van der Waals surface area contributed by atoms with E-state index >= 15 is 0 Å². The molecule has 0 aliphatic carbocycles. The van der Waals surface area contributed by atoms with Crippen LogP contribution in [0.4, 0.5) is 4.79 Å². The molecule has 2 heterocycles. The van der Waals surface area contributed by atoms with Crippen LogP contribution >= 0.6 is 0 Å². The van der Waals surface area contributed by atoms with E-state index in [9.17, 15) is 9.59 Å². The fraction of sp³-hybridized carbons (Fsp3) is 0.238. The number of hydrogen-bond donors (Lipinski definition) is 4. The Morgan fingerprint density at radius 2 is 1.96 bits per heavy atom. The lowest BCUT2D eigenvalue weighted by molar-refractivity contribution is -0.123. The molecule has 2 atom stereocenters. The van der Waals surface area contributed by atoms with Crippen molar-refractivity contribution in [3.8, 4) is 5.75 Å². The Morgan fingerprint density at radius 3 is 2.82 bits per heavy atom. The van der Waals surface area contributed by atoms with E-state index in [-0.39, 0.29) is 11.9 Å². The van der Waals surface area contributed by atoms with E-state index in [0.717, 1.165) is 27.8 Å². The maximum absolute atomic E-state index is 13.0. The van der Waals surface area contributed by atoms with Crippen LogP contribution in [0.15, 0.2) is 54.7 Å². The molecule has 1 aliphatic rings. The minimum Gasteiger partial charge on any atom is -0.493 e. The molecule has 0 fully saturated rings. The largest absolute Gasteiger partial charge is 0.493 e. The number of H-pyrrole nitrogens is 1. The zero-order chi connectivity index (χ0) is 19.5. The lowest BCUT2D eigenvalue weighted by atomic mass is 9.99. The van der Waals surface area contributed by atoms with Gasteiger partial charge in [0.05, 0.1) is 12.6 Å². The van der Waals surface area contributed by atoms with Crippen LogP contribution in [0.25, 0.3) is 10.9 Å². The van der Waals surface area contributed by atoms with E-state index in [1.807, 2.05) is 54.7 Å². The molecular weight excluding hydrogens is 356 g/mol. The predicted molar refractivity (Wildman–Crippen MR) is 106 cm³/mol. The number of urea groups is 1. The first-order valence-electron chi connectivity index (χ1n) is 9.25. The first-order chi connectivity index (χ1) is 13.6. The van der Waals surface area contributed by atoms with Crippen molar-refractivity contribution >= 4 is 22.8 Å². The number of carbonyl (C=O) groups excluding carboxylic acids is 2. The first kappa shape index (κ1) is 17.9. The maximum Gasteiger partial charge on any atom is 0.312 e. The molecule has 4 rings (SSSR count). The summed E-state index contributed by atoms with van der Waals surface area (Å²) in [6, 6.07) is 13.8. The number of hydrogen-bond acceptors (Lipinski definition) is 3. The van der Waals surface area contributed by atoms with Crippen molar-refractivity contribution in [2.45, 2.75) is 24.9 Å². The molecule has 2 aromatic carbocycles. The second-order valence-electron chi connectivity index (χ2n) is 6.86. The van der Waals surface area contributed by atoms with Crippen LogP contribution in [0.1, 0.15) is 23.6 Å². The highest BCUT2D eigenvalue weighted by molar-refractivity contribution is 5.89. The van der Waals surface area contributed by atoms with E-state index in [1.165, 1.54) is 0 Å². The van der Waals surface area contributed by atoms with Gasteiger partial charge in [-0.1, -0.05) is 36.4 Å². The van der Waals surface area contributed by atoms with E-state index < -0.39 is 12.1 Å². The van der Waals surface area contributed by atoms with E-state index in [4.69, 9.17) is 10.5 Å². The van der Waals surface area contributed by atoms with Gasteiger partial charge in [0, 0.05) is 35.5 Å². The van der Waals surface area contributed by atoms with Crippen molar-refractivity contribution in [1.29, 1.82) is 0 Å². The van der Waals surface area contributed by atoms with Crippen molar-refractivity contribution in [2.24, 2.45) is 5.73 Å².